The third kappa shape index (κ3) is 5.39. The van der Waals surface area contributed by atoms with Crippen molar-refractivity contribution in [1.82, 2.24) is 0 Å². The summed E-state index contributed by atoms with van der Waals surface area (Å²) >= 11 is 0. The highest BCUT2D eigenvalue weighted by molar-refractivity contribution is 7.62. The number of aryl methyl sites for hydroxylation is 1. The van der Waals surface area contributed by atoms with Crippen molar-refractivity contribution < 1.29 is 33.4 Å². The number of hydrogen-bond donors (Lipinski definition) is 2. The zero-order valence-electron chi connectivity index (χ0n) is 14.8. The molecule has 1 rings (SSSR count). The van der Waals surface area contributed by atoms with Crippen LogP contribution in [0.25, 0.3) is 0 Å². The number of benzene rings is 1. The van der Waals surface area contributed by atoms with E-state index in [1.165, 1.54) is 19.1 Å². The van der Waals surface area contributed by atoms with Gasteiger partial charge in [0.1, 0.15) is 0 Å². The maximum atomic E-state index is 13.4. The van der Waals surface area contributed by atoms with Crippen molar-refractivity contribution in [3.8, 4) is 0 Å². The van der Waals surface area contributed by atoms with Crippen molar-refractivity contribution in [1.29, 1.82) is 0 Å². The van der Waals surface area contributed by atoms with E-state index in [4.69, 9.17) is 9.05 Å². The summed E-state index contributed by atoms with van der Waals surface area (Å²) in [6.45, 7) is 5.54. The molecule has 0 atom stereocenters. The third-order valence-corrected chi connectivity index (χ3v) is 5.68. The maximum Gasteiger partial charge on any atom is 0.363 e. The molecule has 1 aromatic carbocycles. The van der Waals surface area contributed by atoms with Gasteiger partial charge in [-0.1, -0.05) is 32.8 Å². The SMILES string of the molecule is CCCCOP(=O)(OCCCC)c1c(C(=O)O)ccc(C)c1C(=O)O. The minimum atomic E-state index is -4.10. The lowest BCUT2D eigenvalue weighted by atomic mass is 10.0. The van der Waals surface area contributed by atoms with E-state index in [-0.39, 0.29) is 29.6 Å². The van der Waals surface area contributed by atoms with Crippen molar-refractivity contribution in [2.75, 3.05) is 13.2 Å². The molecule has 8 heteroatoms. The normalized spacial score (nSPS) is 11.5. The van der Waals surface area contributed by atoms with Crippen LogP contribution in [0.3, 0.4) is 0 Å². The maximum absolute atomic E-state index is 13.4. The first kappa shape index (κ1) is 21.4. The molecule has 0 aromatic heterocycles. The van der Waals surface area contributed by atoms with Crippen LogP contribution in [0.15, 0.2) is 12.1 Å². The average Bonchev–Trinajstić information content (AvgIpc) is 2.54. The molecule has 0 unspecified atom stereocenters. The molecule has 2 N–H and O–H groups in total. The molecular formula is C17H25O7P. The van der Waals surface area contributed by atoms with Gasteiger partial charge in [-0.15, -0.1) is 0 Å². The first-order valence-corrected chi connectivity index (χ1v) is 9.82. The number of hydrogen-bond acceptors (Lipinski definition) is 5. The third-order valence-electron chi connectivity index (χ3n) is 3.62. The Labute approximate surface area is 147 Å². The Kier molecular flexibility index (Phi) is 8.29. The first-order chi connectivity index (χ1) is 11.8. The fraction of sp³-hybridized carbons (Fsp3) is 0.529. The van der Waals surface area contributed by atoms with E-state index in [0.29, 0.717) is 18.4 Å². The van der Waals surface area contributed by atoms with Crippen LogP contribution in [0, 0.1) is 6.92 Å². The van der Waals surface area contributed by atoms with Gasteiger partial charge in [0.25, 0.3) is 0 Å². The van der Waals surface area contributed by atoms with Crippen LogP contribution in [-0.2, 0) is 13.6 Å². The highest BCUT2D eigenvalue weighted by atomic mass is 31.2. The molecule has 0 aliphatic heterocycles. The fourth-order valence-electron chi connectivity index (χ4n) is 2.24. The molecule has 0 heterocycles. The molecule has 0 bridgehead atoms. The minimum Gasteiger partial charge on any atom is -0.478 e. The Bertz CT molecular complexity index is 655. The Morgan fingerprint density at radius 1 is 1.00 bits per heavy atom. The van der Waals surface area contributed by atoms with Gasteiger partial charge in [0, 0.05) is 0 Å². The van der Waals surface area contributed by atoms with Gasteiger partial charge in [-0.05, 0) is 31.4 Å². The highest BCUT2D eigenvalue weighted by Gasteiger charge is 2.38. The lowest BCUT2D eigenvalue weighted by Crippen LogP contribution is -2.27. The monoisotopic (exact) mass is 372 g/mol. The highest BCUT2D eigenvalue weighted by Crippen LogP contribution is 2.49. The van der Waals surface area contributed by atoms with Crippen LogP contribution >= 0.6 is 7.60 Å². The van der Waals surface area contributed by atoms with E-state index in [9.17, 15) is 24.4 Å². The Balaban J connectivity index is 3.54. The molecule has 0 amide bonds. The zero-order chi connectivity index (χ0) is 19.0. The number of aromatic carboxylic acids is 2. The molecule has 25 heavy (non-hydrogen) atoms. The van der Waals surface area contributed by atoms with Gasteiger partial charge >= 0.3 is 19.5 Å². The lowest BCUT2D eigenvalue weighted by molar-refractivity contribution is 0.0695. The number of carbonyl (C=O) groups is 2. The van der Waals surface area contributed by atoms with E-state index in [1.807, 2.05) is 13.8 Å². The molecule has 0 saturated heterocycles. The van der Waals surface area contributed by atoms with Crippen LogP contribution in [0.2, 0.25) is 0 Å². The zero-order valence-corrected chi connectivity index (χ0v) is 15.7. The summed E-state index contributed by atoms with van der Waals surface area (Å²) in [6, 6.07) is 2.61. The predicted molar refractivity (Wildman–Crippen MR) is 94.1 cm³/mol. The summed E-state index contributed by atoms with van der Waals surface area (Å²) in [5.74, 6) is -2.75. The molecule has 0 spiro atoms. The summed E-state index contributed by atoms with van der Waals surface area (Å²) in [6.07, 6.45) is 2.75. The van der Waals surface area contributed by atoms with Gasteiger partial charge < -0.3 is 19.3 Å². The van der Waals surface area contributed by atoms with Crippen molar-refractivity contribution in [2.45, 2.75) is 46.5 Å². The number of carboxylic acid groups (broad SMARTS) is 2. The van der Waals surface area contributed by atoms with E-state index in [1.54, 1.807) is 0 Å². The standard InChI is InChI=1S/C17H25O7P/c1-4-6-10-23-25(22,24-11-7-5-2)15-13(16(18)19)9-8-12(3)14(15)17(20)21/h8-9H,4-7,10-11H2,1-3H3,(H,18,19)(H,20,21). The molecule has 1 aromatic rings. The lowest BCUT2D eigenvalue weighted by Gasteiger charge is -2.22. The van der Waals surface area contributed by atoms with Crippen molar-refractivity contribution >= 4 is 24.8 Å². The van der Waals surface area contributed by atoms with Crippen molar-refractivity contribution in [2.24, 2.45) is 0 Å². The summed E-state index contributed by atoms with van der Waals surface area (Å²) < 4.78 is 24.3. The second-order valence-corrected chi connectivity index (χ2v) is 7.59. The van der Waals surface area contributed by atoms with Crippen molar-refractivity contribution in [3.05, 3.63) is 28.8 Å². The largest absolute Gasteiger partial charge is 0.478 e. The smallest absolute Gasteiger partial charge is 0.363 e. The molecule has 7 nitrogen and oxygen atoms in total. The number of carboxylic acids is 2. The summed E-state index contributed by atoms with van der Waals surface area (Å²) in [7, 11) is -4.10. The van der Waals surface area contributed by atoms with Gasteiger partial charge in [-0.25, -0.2) is 9.59 Å². The molecule has 0 aliphatic rings. The summed E-state index contributed by atoms with van der Waals surface area (Å²) in [5, 5.41) is 18.6. The molecule has 0 fully saturated rings. The number of rotatable bonds is 11. The minimum absolute atomic E-state index is 0.0892. The Hall–Kier alpha value is -1.69. The van der Waals surface area contributed by atoms with Crippen molar-refractivity contribution in [3.63, 3.8) is 0 Å². The Morgan fingerprint density at radius 2 is 1.52 bits per heavy atom. The van der Waals surface area contributed by atoms with E-state index < -0.39 is 19.5 Å². The molecule has 0 radical (unpaired) electrons. The second kappa shape index (κ2) is 9.70. The van der Waals surface area contributed by atoms with Gasteiger partial charge in [-0.3, -0.25) is 4.57 Å². The van der Waals surface area contributed by atoms with Crippen LogP contribution in [0.4, 0.5) is 0 Å². The Morgan fingerprint density at radius 3 is 1.92 bits per heavy atom. The summed E-state index contributed by atoms with van der Waals surface area (Å²) in [5.41, 5.74) is -0.415. The average molecular weight is 372 g/mol. The van der Waals surface area contributed by atoms with E-state index in [2.05, 4.69) is 0 Å². The number of unbranched alkanes of at least 4 members (excludes halogenated alkanes) is 2. The van der Waals surface area contributed by atoms with E-state index in [0.717, 1.165) is 12.8 Å². The van der Waals surface area contributed by atoms with Crippen LogP contribution < -0.4 is 5.30 Å². The topological polar surface area (TPSA) is 110 Å². The van der Waals surface area contributed by atoms with Gasteiger partial charge in [0.15, 0.2) is 0 Å². The van der Waals surface area contributed by atoms with E-state index >= 15 is 0 Å². The molecule has 0 aliphatic carbocycles. The quantitative estimate of drug-likeness (QED) is 0.448. The molecule has 140 valence electrons. The first-order valence-electron chi connectivity index (χ1n) is 8.28. The van der Waals surface area contributed by atoms with Gasteiger partial charge in [0.05, 0.1) is 29.6 Å². The molecule has 0 saturated carbocycles. The summed E-state index contributed by atoms with van der Waals surface area (Å²) in [4.78, 5) is 23.3. The fourth-order valence-corrected chi connectivity index (χ4v) is 4.33. The van der Waals surface area contributed by atoms with Crippen LogP contribution in [0.5, 0.6) is 0 Å². The van der Waals surface area contributed by atoms with Crippen LogP contribution in [-0.4, -0.2) is 35.4 Å². The van der Waals surface area contributed by atoms with Gasteiger partial charge in [0.2, 0.25) is 0 Å². The second-order valence-electron chi connectivity index (χ2n) is 5.63. The van der Waals surface area contributed by atoms with Crippen LogP contribution in [0.1, 0.15) is 65.8 Å². The predicted octanol–water partition coefficient (Wildman–Crippen LogP) is 3.84. The molecular weight excluding hydrogens is 347 g/mol. The van der Waals surface area contributed by atoms with Gasteiger partial charge in [-0.2, -0.15) is 0 Å².